The van der Waals surface area contributed by atoms with Crippen LogP contribution in [0.25, 0.3) is 0 Å². The van der Waals surface area contributed by atoms with Crippen molar-refractivity contribution in [1.29, 1.82) is 0 Å². The molecule has 1 aromatic carbocycles. The molecule has 0 aromatic heterocycles. The van der Waals surface area contributed by atoms with E-state index in [1.807, 2.05) is 18.2 Å². The van der Waals surface area contributed by atoms with E-state index in [2.05, 4.69) is 0 Å². The molecule has 0 aliphatic carbocycles. The van der Waals surface area contributed by atoms with Gasteiger partial charge in [-0.1, -0.05) is 6.07 Å². The summed E-state index contributed by atoms with van der Waals surface area (Å²) in [6.45, 7) is 0.780. The monoisotopic (exact) mass is 266 g/mol. The average molecular weight is 266 g/mol. The lowest BCUT2D eigenvalue weighted by Crippen LogP contribution is -2.26. The lowest BCUT2D eigenvalue weighted by Gasteiger charge is -2.13. The van der Waals surface area contributed by atoms with E-state index >= 15 is 0 Å². The molecule has 0 unspecified atom stereocenters. The van der Waals surface area contributed by atoms with Crippen molar-refractivity contribution in [2.45, 2.75) is 25.2 Å². The Labute approximate surface area is 109 Å². The molecule has 6 nitrogen and oxygen atoms in total. The van der Waals surface area contributed by atoms with E-state index in [0.717, 1.165) is 11.3 Å². The SMILES string of the molecule is O=C1C[C@@H](O)[C@H](COCc2ccc3c(c2)OCO3)O1. The molecule has 0 radical (unpaired) electrons. The molecule has 1 fully saturated rings. The summed E-state index contributed by atoms with van der Waals surface area (Å²) in [5, 5.41) is 9.52. The first kappa shape index (κ1) is 12.3. The third-order valence-corrected chi connectivity index (χ3v) is 3.08. The van der Waals surface area contributed by atoms with Gasteiger partial charge in [0.25, 0.3) is 0 Å². The van der Waals surface area contributed by atoms with Crippen LogP contribution in [0.2, 0.25) is 0 Å². The lowest BCUT2D eigenvalue weighted by molar-refractivity contribution is -0.144. The lowest BCUT2D eigenvalue weighted by atomic mass is 10.2. The normalized spacial score (nSPS) is 24.6. The number of esters is 1. The van der Waals surface area contributed by atoms with Crippen molar-refractivity contribution in [1.82, 2.24) is 0 Å². The number of hydrogen-bond donors (Lipinski definition) is 1. The molecule has 2 aliphatic rings. The number of fused-ring (bicyclic) bond motifs is 1. The highest BCUT2D eigenvalue weighted by molar-refractivity contribution is 5.72. The molecule has 19 heavy (non-hydrogen) atoms. The zero-order valence-corrected chi connectivity index (χ0v) is 10.2. The first-order valence-electron chi connectivity index (χ1n) is 6.06. The number of aliphatic hydroxyl groups excluding tert-OH is 1. The third kappa shape index (κ3) is 2.64. The van der Waals surface area contributed by atoms with Crippen LogP contribution >= 0.6 is 0 Å². The largest absolute Gasteiger partial charge is 0.457 e. The van der Waals surface area contributed by atoms with Crippen molar-refractivity contribution in [3.63, 3.8) is 0 Å². The molecule has 0 saturated carbocycles. The van der Waals surface area contributed by atoms with Gasteiger partial charge in [-0.2, -0.15) is 0 Å². The Morgan fingerprint density at radius 1 is 1.32 bits per heavy atom. The smallest absolute Gasteiger partial charge is 0.309 e. The van der Waals surface area contributed by atoms with Crippen molar-refractivity contribution in [2.24, 2.45) is 0 Å². The molecule has 1 saturated heterocycles. The van der Waals surface area contributed by atoms with Crippen LogP contribution in [0.5, 0.6) is 11.5 Å². The predicted molar refractivity (Wildman–Crippen MR) is 62.7 cm³/mol. The van der Waals surface area contributed by atoms with Crippen LogP contribution in [-0.4, -0.2) is 36.7 Å². The molecule has 0 spiro atoms. The molecular formula is C13H14O6. The fourth-order valence-electron chi connectivity index (χ4n) is 2.07. The second-order valence-corrected chi connectivity index (χ2v) is 4.50. The molecule has 3 rings (SSSR count). The molecule has 6 heteroatoms. The Balaban J connectivity index is 1.51. The number of hydrogen-bond acceptors (Lipinski definition) is 6. The van der Waals surface area contributed by atoms with Gasteiger partial charge in [-0.15, -0.1) is 0 Å². The van der Waals surface area contributed by atoms with E-state index in [-0.39, 0.29) is 25.8 Å². The van der Waals surface area contributed by atoms with Gasteiger partial charge in [0.05, 0.1) is 19.6 Å². The number of rotatable bonds is 4. The number of cyclic esters (lactones) is 1. The van der Waals surface area contributed by atoms with Gasteiger partial charge in [-0.25, -0.2) is 0 Å². The maximum absolute atomic E-state index is 11.0. The fourth-order valence-corrected chi connectivity index (χ4v) is 2.07. The fraction of sp³-hybridized carbons (Fsp3) is 0.462. The Morgan fingerprint density at radius 3 is 2.95 bits per heavy atom. The summed E-state index contributed by atoms with van der Waals surface area (Å²) >= 11 is 0. The van der Waals surface area contributed by atoms with Crippen molar-refractivity contribution < 1.29 is 28.8 Å². The summed E-state index contributed by atoms with van der Waals surface area (Å²) in [4.78, 5) is 11.0. The molecule has 2 atom stereocenters. The van der Waals surface area contributed by atoms with E-state index < -0.39 is 12.2 Å². The Kier molecular flexibility index (Phi) is 3.27. The Hall–Kier alpha value is -1.79. The van der Waals surface area contributed by atoms with Crippen LogP contribution in [0.3, 0.4) is 0 Å². The van der Waals surface area contributed by atoms with Crippen molar-refractivity contribution in [3.05, 3.63) is 23.8 Å². The van der Waals surface area contributed by atoms with Crippen molar-refractivity contribution in [2.75, 3.05) is 13.4 Å². The molecule has 1 N–H and O–H groups in total. The topological polar surface area (TPSA) is 74.2 Å². The van der Waals surface area contributed by atoms with Gasteiger partial charge >= 0.3 is 5.97 Å². The molecule has 102 valence electrons. The first-order chi connectivity index (χ1) is 9.22. The average Bonchev–Trinajstić information content (AvgIpc) is 2.96. The van der Waals surface area contributed by atoms with E-state index in [1.165, 1.54) is 0 Å². The van der Waals surface area contributed by atoms with E-state index in [1.54, 1.807) is 0 Å². The van der Waals surface area contributed by atoms with Gasteiger partial charge in [-0.05, 0) is 17.7 Å². The van der Waals surface area contributed by atoms with Gasteiger partial charge in [-0.3, -0.25) is 4.79 Å². The molecule has 0 bridgehead atoms. The molecule has 1 aromatic rings. The summed E-state index contributed by atoms with van der Waals surface area (Å²) < 4.78 is 20.8. The second kappa shape index (κ2) is 5.07. The van der Waals surface area contributed by atoms with Crippen molar-refractivity contribution >= 4 is 5.97 Å². The minimum atomic E-state index is -0.774. The standard InChI is InChI=1S/C13H14O6/c14-9-4-13(15)19-12(9)6-16-5-8-1-2-10-11(3-8)18-7-17-10/h1-3,9,12,14H,4-7H2/t9-,12+/m1/s1. The van der Waals surface area contributed by atoms with Crippen LogP contribution in [-0.2, 0) is 20.9 Å². The number of benzene rings is 1. The summed E-state index contributed by atoms with van der Waals surface area (Å²) in [5.41, 5.74) is 0.933. The molecule has 2 aliphatic heterocycles. The second-order valence-electron chi connectivity index (χ2n) is 4.50. The van der Waals surface area contributed by atoms with Gasteiger partial charge in [0.1, 0.15) is 6.10 Å². The van der Waals surface area contributed by atoms with Gasteiger partial charge in [0.15, 0.2) is 17.6 Å². The summed E-state index contributed by atoms with van der Waals surface area (Å²) in [6, 6.07) is 5.55. The van der Waals surface area contributed by atoms with E-state index in [9.17, 15) is 9.90 Å². The first-order valence-corrected chi connectivity index (χ1v) is 6.06. The van der Waals surface area contributed by atoms with Crippen LogP contribution in [0.15, 0.2) is 18.2 Å². The summed E-state index contributed by atoms with van der Waals surface area (Å²) in [7, 11) is 0. The van der Waals surface area contributed by atoms with Crippen LogP contribution < -0.4 is 9.47 Å². The van der Waals surface area contributed by atoms with Crippen LogP contribution in [0, 0.1) is 0 Å². The zero-order chi connectivity index (χ0) is 13.2. The van der Waals surface area contributed by atoms with Gasteiger partial charge in [0.2, 0.25) is 6.79 Å². The molecule has 2 heterocycles. The van der Waals surface area contributed by atoms with Crippen molar-refractivity contribution in [3.8, 4) is 11.5 Å². The Morgan fingerprint density at radius 2 is 2.16 bits per heavy atom. The van der Waals surface area contributed by atoms with Gasteiger partial charge < -0.3 is 24.1 Å². The minimum absolute atomic E-state index is 0.0397. The predicted octanol–water partition coefficient (Wildman–Crippen LogP) is 0.608. The number of ether oxygens (including phenoxy) is 4. The third-order valence-electron chi connectivity index (χ3n) is 3.08. The number of carbonyl (C=O) groups is 1. The van der Waals surface area contributed by atoms with Gasteiger partial charge in [0, 0.05) is 0 Å². The van der Waals surface area contributed by atoms with E-state index in [0.29, 0.717) is 12.4 Å². The molecule has 0 amide bonds. The molecular weight excluding hydrogens is 252 g/mol. The minimum Gasteiger partial charge on any atom is -0.457 e. The highest BCUT2D eigenvalue weighted by atomic mass is 16.7. The maximum atomic E-state index is 11.0. The highest BCUT2D eigenvalue weighted by Gasteiger charge is 2.33. The number of aliphatic hydroxyl groups is 1. The quantitative estimate of drug-likeness (QED) is 0.805. The van der Waals surface area contributed by atoms with E-state index in [4.69, 9.17) is 18.9 Å². The Bertz CT molecular complexity index is 486. The summed E-state index contributed by atoms with van der Waals surface area (Å²) in [6.07, 6.45) is -1.30. The number of carbonyl (C=O) groups excluding carboxylic acids is 1. The zero-order valence-electron chi connectivity index (χ0n) is 10.2. The van der Waals surface area contributed by atoms with Crippen LogP contribution in [0.4, 0.5) is 0 Å². The summed E-state index contributed by atoms with van der Waals surface area (Å²) in [5.74, 6) is 1.04. The maximum Gasteiger partial charge on any atom is 0.309 e. The highest BCUT2D eigenvalue weighted by Crippen LogP contribution is 2.32. The van der Waals surface area contributed by atoms with Crippen LogP contribution in [0.1, 0.15) is 12.0 Å².